The van der Waals surface area contributed by atoms with Crippen LogP contribution in [-0.4, -0.2) is 35.3 Å². The highest BCUT2D eigenvalue weighted by atomic mass is 127. The fraction of sp³-hybridized carbons (Fsp3) is 0.381. The Morgan fingerprint density at radius 1 is 1.14 bits per heavy atom. The second kappa shape index (κ2) is 14.8. The number of nitrogens with one attached hydrogen (secondary N) is 2. The van der Waals surface area contributed by atoms with Crippen LogP contribution in [0.25, 0.3) is 0 Å². The van der Waals surface area contributed by atoms with Gasteiger partial charge in [0.1, 0.15) is 5.82 Å². The summed E-state index contributed by atoms with van der Waals surface area (Å²) >= 11 is 1.66. The predicted molar refractivity (Wildman–Crippen MR) is 135 cm³/mol. The van der Waals surface area contributed by atoms with Crippen molar-refractivity contribution >= 4 is 52.5 Å². The molecule has 29 heavy (non-hydrogen) atoms. The summed E-state index contributed by atoms with van der Waals surface area (Å²) in [6.45, 7) is 3.78. The summed E-state index contributed by atoms with van der Waals surface area (Å²) in [4.78, 5) is 4.60. The van der Waals surface area contributed by atoms with Gasteiger partial charge in [-0.1, -0.05) is 36.4 Å². The molecule has 0 saturated carbocycles. The molecule has 0 aliphatic rings. The molecule has 160 valence electrons. The minimum atomic E-state index is -0.930. The smallest absolute Gasteiger partial charge is 0.191 e. The van der Waals surface area contributed by atoms with Crippen LogP contribution in [0.1, 0.15) is 23.6 Å². The minimum absolute atomic E-state index is 0. The molecule has 4 nitrogen and oxygen atoms in total. The van der Waals surface area contributed by atoms with Crippen LogP contribution in [0.15, 0.2) is 53.5 Å². The van der Waals surface area contributed by atoms with E-state index in [1.807, 2.05) is 43.5 Å². The Balaban J connectivity index is 0.00000420. The van der Waals surface area contributed by atoms with Gasteiger partial charge >= 0.3 is 0 Å². The first-order chi connectivity index (χ1) is 13.6. The maximum atomic E-state index is 13.5. The van der Waals surface area contributed by atoms with Gasteiger partial charge in [-0.05, 0) is 42.0 Å². The van der Waals surface area contributed by atoms with Crippen LogP contribution in [0.3, 0.4) is 0 Å². The standard InChI is InChI=1S/C21H28FN3OS2.HI/c1-3-23-21(24-11-12-28(26)16-17-7-5-4-6-8-17)25-14-18-9-10-20(22)13-19(18)15-27-2;/h4-10,13H,3,11-12,14-16H2,1-2H3,(H2,23,24,25);1H. The fourth-order valence-corrected chi connectivity index (χ4v) is 4.28. The van der Waals surface area contributed by atoms with E-state index in [1.165, 1.54) is 6.07 Å². The topological polar surface area (TPSA) is 53.5 Å². The Morgan fingerprint density at radius 3 is 2.59 bits per heavy atom. The Bertz CT molecular complexity index is 791. The molecule has 1 atom stereocenters. The summed E-state index contributed by atoms with van der Waals surface area (Å²) in [6, 6.07) is 14.7. The van der Waals surface area contributed by atoms with Gasteiger partial charge in [0.15, 0.2) is 5.96 Å². The zero-order chi connectivity index (χ0) is 20.2. The summed E-state index contributed by atoms with van der Waals surface area (Å²) in [5.74, 6) is 2.32. The van der Waals surface area contributed by atoms with Gasteiger partial charge in [0.25, 0.3) is 0 Å². The molecule has 0 radical (unpaired) electrons. The first-order valence-corrected chi connectivity index (χ1v) is 12.2. The van der Waals surface area contributed by atoms with Gasteiger partial charge in [0.2, 0.25) is 0 Å². The van der Waals surface area contributed by atoms with E-state index < -0.39 is 10.8 Å². The zero-order valence-corrected chi connectivity index (χ0v) is 20.8. The summed E-state index contributed by atoms with van der Waals surface area (Å²) in [5, 5.41) is 6.44. The van der Waals surface area contributed by atoms with E-state index in [0.29, 0.717) is 30.6 Å². The van der Waals surface area contributed by atoms with Gasteiger partial charge in [-0.2, -0.15) is 11.8 Å². The van der Waals surface area contributed by atoms with Gasteiger partial charge in [0, 0.05) is 41.1 Å². The van der Waals surface area contributed by atoms with Crippen LogP contribution >= 0.6 is 35.7 Å². The Kier molecular flexibility index (Phi) is 13.2. The molecule has 0 aromatic heterocycles. The third kappa shape index (κ3) is 9.95. The van der Waals surface area contributed by atoms with E-state index in [-0.39, 0.29) is 29.8 Å². The maximum Gasteiger partial charge on any atom is 0.191 e. The highest BCUT2D eigenvalue weighted by molar-refractivity contribution is 14.0. The quantitative estimate of drug-likeness (QED) is 0.264. The van der Waals surface area contributed by atoms with Crippen LogP contribution in [0.4, 0.5) is 4.39 Å². The number of guanidine groups is 1. The number of hydrogen-bond acceptors (Lipinski definition) is 3. The second-order valence-electron chi connectivity index (χ2n) is 6.24. The molecule has 0 heterocycles. The SMILES string of the molecule is CCNC(=NCc1ccc(F)cc1CSC)NCCS(=O)Cc1ccccc1.I. The summed E-state index contributed by atoms with van der Waals surface area (Å²) < 4.78 is 25.7. The van der Waals surface area contributed by atoms with Crippen molar-refractivity contribution in [3.63, 3.8) is 0 Å². The molecule has 0 aliphatic carbocycles. The molecule has 0 fully saturated rings. The molecule has 0 saturated heterocycles. The van der Waals surface area contributed by atoms with Crippen molar-refractivity contribution in [1.29, 1.82) is 0 Å². The average Bonchev–Trinajstić information content (AvgIpc) is 2.68. The first kappa shape index (κ1) is 25.9. The van der Waals surface area contributed by atoms with Crippen LogP contribution in [0.5, 0.6) is 0 Å². The number of thioether (sulfide) groups is 1. The Morgan fingerprint density at radius 2 is 1.90 bits per heavy atom. The van der Waals surface area contributed by atoms with Gasteiger partial charge in [-0.15, -0.1) is 24.0 Å². The molecule has 2 aromatic rings. The molecule has 0 aliphatic heterocycles. The predicted octanol–water partition coefficient (Wildman–Crippen LogP) is 4.31. The highest BCUT2D eigenvalue weighted by Crippen LogP contribution is 2.17. The first-order valence-electron chi connectivity index (χ1n) is 9.29. The lowest BCUT2D eigenvalue weighted by atomic mass is 10.1. The largest absolute Gasteiger partial charge is 0.357 e. The van der Waals surface area contributed by atoms with Crippen LogP contribution in [0.2, 0.25) is 0 Å². The number of nitrogens with zero attached hydrogens (tertiary/aromatic N) is 1. The molecule has 2 N–H and O–H groups in total. The Hall–Kier alpha value is -1.13. The van der Waals surface area contributed by atoms with Gasteiger partial charge in [-0.3, -0.25) is 4.21 Å². The summed E-state index contributed by atoms with van der Waals surface area (Å²) in [7, 11) is -0.930. The van der Waals surface area contributed by atoms with Gasteiger partial charge < -0.3 is 10.6 Å². The van der Waals surface area contributed by atoms with E-state index in [9.17, 15) is 8.60 Å². The molecular formula is C21H29FIN3OS2. The van der Waals surface area contributed by atoms with Gasteiger partial charge in [0.05, 0.1) is 6.54 Å². The lowest BCUT2D eigenvalue weighted by Crippen LogP contribution is -2.39. The molecule has 0 amide bonds. The van der Waals surface area contributed by atoms with Crippen molar-refractivity contribution in [2.45, 2.75) is 25.0 Å². The van der Waals surface area contributed by atoms with Crippen molar-refractivity contribution in [3.05, 3.63) is 71.0 Å². The third-order valence-electron chi connectivity index (χ3n) is 4.01. The van der Waals surface area contributed by atoms with E-state index in [4.69, 9.17) is 0 Å². The summed E-state index contributed by atoms with van der Waals surface area (Å²) in [5.41, 5.74) is 3.07. The molecule has 0 spiro atoms. The van der Waals surface area contributed by atoms with Crippen LogP contribution < -0.4 is 10.6 Å². The lowest BCUT2D eigenvalue weighted by molar-refractivity contribution is 0.625. The molecule has 1 unspecified atom stereocenters. The number of hydrogen-bond donors (Lipinski definition) is 2. The van der Waals surface area contributed by atoms with E-state index >= 15 is 0 Å². The molecular weight excluding hydrogens is 520 g/mol. The van der Waals surface area contributed by atoms with Crippen molar-refractivity contribution in [2.75, 3.05) is 25.1 Å². The lowest BCUT2D eigenvalue weighted by Gasteiger charge is -2.12. The van der Waals surface area contributed by atoms with E-state index in [2.05, 4.69) is 15.6 Å². The number of rotatable bonds is 10. The van der Waals surface area contributed by atoms with Gasteiger partial charge in [-0.25, -0.2) is 9.38 Å². The zero-order valence-electron chi connectivity index (χ0n) is 16.8. The van der Waals surface area contributed by atoms with Crippen molar-refractivity contribution in [1.82, 2.24) is 10.6 Å². The minimum Gasteiger partial charge on any atom is -0.357 e. The number of aliphatic imine (C=N–C) groups is 1. The highest BCUT2D eigenvalue weighted by Gasteiger charge is 2.06. The number of benzene rings is 2. The molecule has 0 bridgehead atoms. The second-order valence-corrected chi connectivity index (χ2v) is 8.68. The summed E-state index contributed by atoms with van der Waals surface area (Å²) in [6.07, 6.45) is 2.00. The average molecular weight is 550 g/mol. The van der Waals surface area contributed by atoms with Crippen molar-refractivity contribution < 1.29 is 8.60 Å². The molecule has 2 rings (SSSR count). The maximum absolute atomic E-state index is 13.5. The number of halogens is 2. The fourth-order valence-electron chi connectivity index (χ4n) is 2.66. The molecule has 2 aromatic carbocycles. The monoisotopic (exact) mass is 549 g/mol. The van der Waals surface area contributed by atoms with E-state index in [1.54, 1.807) is 23.9 Å². The van der Waals surface area contributed by atoms with E-state index in [0.717, 1.165) is 29.0 Å². The van der Waals surface area contributed by atoms with Crippen LogP contribution in [-0.2, 0) is 28.9 Å². The Labute approximate surface area is 197 Å². The molecule has 8 heteroatoms. The van der Waals surface area contributed by atoms with Crippen molar-refractivity contribution in [2.24, 2.45) is 4.99 Å². The normalized spacial score (nSPS) is 12.2. The van der Waals surface area contributed by atoms with Crippen molar-refractivity contribution in [3.8, 4) is 0 Å². The third-order valence-corrected chi connectivity index (χ3v) is 5.93. The van der Waals surface area contributed by atoms with Crippen LogP contribution in [0, 0.1) is 5.82 Å².